The van der Waals surface area contributed by atoms with Gasteiger partial charge in [0.05, 0.1) is 5.01 Å². The molecule has 2 N–H and O–H groups in total. The van der Waals surface area contributed by atoms with Crippen molar-refractivity contribution in [3.05, 3.63) is 36.9 Å². The number of terminal acetylenes is 1. The zero-order valence-corrected chi connectivity index (χ0v) is 17.1. The molecule has 1 aliphatic rings. The summed E-state index contributed by atoms with van der Waals surface area (Å²) in [6.45, 7) is 2.51. The molecule has 2 amide bonds. The number of hydrogen-bond acceptors (Lipinski definition) is 8. The van der Waals surface area contributed by atoms with Gasteiger partial charge in [-0.25, -0.2) is 9.78 Å². The molecule has 10 nitrogen and oxygen atoms in total. The molecule has 0 radical (unpaired) electrons. The molecule has 0 atom stereocenters. The number of piperidine rings is 1. The lowest BCUT2D eigenvalue weighted by atomic mass is 9.98. The van der Waals surface area contributed by atoms with Crippen molar-refractivity contribution in [2.24, 2.45) is 0 Å². The standard InChI is InChI=1S/C17H18N6O4S2/c1-3-8-27-17(26)22-6-4-11(5-7-22)14-18-12(9-29-14)13(24)21-23-15(25)10(2)19-20-16(23)28/h1,9,11H,4-8H2,2H3,(H,20,28)(H,21,24). The van der Waals surface area contributed by atoms with Crippen molar-refractivity contribution in [1.82, 2.24) is 24.8 Å². The molecule has 0 aliphatic carbocycles. The third kappa shape index (κ3) is 4.69. The molecule has 0 spiro atoms. The molecule has 1 fully saturated rings. The Morgan fingerprint density at radius 2 is 2.21 bits per heavy atom. The predicted molar refractivity (Wildman–Crippen MR) is 108 cm³/mol. The Morgan fingerprint density at radius 3 is 2.90 bits per heavy atom. The summed E-state index contributed by atoms with van der Waals surface area (Å²) < 4.78 is 5.84. The zero-order chi connectivity index (χ0) is 21.0. The van der Waals surface area contributed by atoms with Crippen molar-refractivity contribution in [3.63, 3.8) is 0 Å². The molecule has 0 aromatic carbocycles. The maximum absolute atomic E-state index is 12.5. The summed E-state index contributed by atoms with van der Waals surface area (Å²) in [6, 6.07) is 0. The van der Waals surface area contributed by atoms with Gasteiger partial charge in [0.2, 0.25) is 4.77 Å². The van der Waals surface area contributed by atoms with Crippen molar-refractivity contribution in [2.75, 3.05) is 25.1 Å². The molecular weight excluding hydrogens is 416 g/mol. The highest BCUT2D eigenvalue weighted by Crippen LogP contribution is 2.30. The monoisotopic (exact) mass is 434 g/mol. The molecule has 152 valence electrons. The lowest BCUT2D eigenvalue weighted by molar-refractivity contribution is 0.100. The fraction of sp³-hybridized carbons (Fsp3) is 0.412. The molecule has 0 bridgehead atoms. The number of likely N-dealkylation sites (tertiary alicyclic amines) is 1. The molecule has 12 heteroatoms. The maximum atomic E-state index is 12.5. The van der Waals surface area contributed by atoms with E-state index in [0.717, 1.165) is 9.68 Å². The number of thiazole rings is 1. The molecule has 2 aromatic heterocycles. The summed E-state index contributed by atoms with van der Waals surface area (Å²) in [5.74, 6) is 1.85. The number of H-pyrrole nitrogens is 1. The molecule has 1 aliphatic heterocycles. The Labute approximate surface area is 174 Å². The highest BCUT2D eigenvalue weighted by atomic mass is 32.1. The van der Waals surface area contributed by atoms with Crippen molar-refractivity contribution in [3.8, 4) is 12.3 Å². The lowest BCUT2D eigenvalue weighted by Gasteiger charge is -2.30. The first-order valence-electron chi connectivity index (χ1n) is 8.71. The predicted octanol–water partition coefficient (Wildman–Crippen LogP) is 1.40. The van der Waals surface area contributed by atoms with Gasteiger partial charge in [0.25, 0.3) is 11.5 Å². The van der Waals surface area contributed by atoms with Crippen LogP contribution in [0.2, 0.25) is 0 Å². The van der Waals surface area contributed by atoms with Gasteiger partial charge in [0.15, 0.2) is 6.61 Å². The van der Waals surface area contributed by atoms with Gasteiger partial charge in [-0.3, -0.25) is 20.1 Å². The number of aryl methyl sites for hydroxylation is 1. The normalized spacial score (nSPS) is 14.3. The Balaban J connectivity index is 1.63. The number of amides is 2. The van der Waals surface area contributed by atoms with Gasteiger partial charge >= 0.3 is 6.09 Å². The average Bonchev–Trinajstić information content (AvgIpc) is 3.22. The van der Waals surface area contributed by atoms with Crippen LogP contribution in [0.5, 0.6) is 0 Å². The fourth-order valence-corrected chi connectivity index (χ4v) is 3.97. The first-order chi connectivity index (χ1) is 13.9. The Hall–Kier alpha value is -3.04. The van der Waals surface area contributed by atoms with Crippen molar-refractivity contribution < 1.29 is 14.3 Å². The van der Waals surface area contributed by atoms with Crippen LogP contribution in [0.3, 0.4) is 0 Å². The van der Waals surface area contributed by atoms with Gasteiger partial charge in [-0.05, 0) is 32.0 Å². The minimum atomic E-state index is -0.546. The smallest absolute Gasteiger partial charge is 0.410 e. The number of aromatic nitrogens is 4. The van der Waals surface area contributed by atoms with Crippen LogP contribution in [0.25, 0.3) is 0 Å². The molecular formula is C17H18N6O4S2. The van der Waals surface area contributed by atoms with Crippen LogP contribution in [-0.2, 0) is 4.74 Å². The van der Waals surface area contributed by atoms with Gasteiger partial charge in [0.1, 0.15) is 11.4 Å². The Morgan fingerprint density at radius 1 is 1.48 bits per heavy atom. The summed E-state index contributed by atoms with van der Waals surface area (Å²) in [6.07, 6.45) is 6.07. The minimum absolute atomic E-state index is 0.0199. The summed E-state index contributed by atoms with van der Waals surface area (Å²) in [5, 5.41) is 8.67. The first kappa shape index (κ1) is 20.7. The lowest BCUT2D eigenvalue weighted by Crippen LogP contribution is -2.38. The summed E-state index contributed by atoms with van der Waals surface area (Å²) in [4.78, 5) is 42.4. The third-order valence-electron chi connectivity index (χ3n) is 4.38. The Bertz CT molecular complexity index is 1070. The van der Waals surface area contributed by atoms with E-state index in [9.17, 15) is 14.4 Å². The first-order valence-corrected chi connectivity index (χ1v) is 9.99. The fourth-order valence-electron chi connectivity index (χ4n) is 2.83. The number of nitrogens with zero attached hydrogens (tertiary/aromatic N) is 4. The summed E-state index contributed by atoms with van der Waals surface area (Å²) >= 11 is 6.36. The van der Waals surface area contributed by atoms with Gasteiger partial charge in [-0.1, -0.05) is 5.92 Å². The van der Waals surface area contributed by atoms with Crippen LogP contribution >= 0.6 is 23.6 Å². The molecule has 2 aromatic rings. The van der Waals surface area contributed by atoms with Gasteiger partial charge < -0.3 is 9.64 Å². The molecule has 29 heavy (non-hydrogen) atoms. The van der Waals surface area contributed by atoms with Crippen LogP contribution in [0, 0.1) is 24.0 Å². The highest BCUT2D eigenvalue weighted by molar-refractivity contribution is 7.71. The number of aromatic amines is 1. The molecule has 0 saturated carbocycles. The number of carbonyl (C=O) groups excluding carboxylic acids is 2. The highest BCUT2D eigenvalue weighted by Gasteiger charge is 2.27. The number of carbonyl (C=O) groups is 2. The second kappa shape index (κ2) is 8.97. The second-order valence-electron chi connectivity index (χ2n) is 6.29. The summed E-state index contributed by atoms with van der Waals surface area (Å²) in [7, 11) is 0. The van der Waals surface area contributed by atoms with E-state index in [-0.39, 0.29) is 28.7 Å². The van der Waals surface area contributed by atoms with Crippen LogP contribution in [-0.4, -0.2) is 56.5 Å². The average molecular weight is 435 g/mol. The molecule has 0 unspecified atom stereocenters. The van der Waals surface area contributed by atoms with E-state index in [1.165, 1.54) is 18.3 Å². The van der Waals surface area contributed by atoms with Crippen molar-refractivity contribution in [2.45, 2.75) is 25.7 Å². The van der Waals surface area contributed by atoms with E-state index in [1.54, 1.807) is 10.3 Å². The minimum Gasteiger partial charge on any atom is -0.436 e. The quantitative estimate of drug-likeness (QED) is 0.551. The second-order valence-corrected chi connectivity index (χ2v) is 7.56. The van der Waals surface area contributed by atoms with Crippen LogP contribution in [0.1, 0.15) is 39.9 Å². The van der Waals surface area contributed by atoms with Crippen molar-refractivity contribution >= 4 is 35.6 Å². The molecule has 1 saturated heterocycles. The number of hydrogen-bond donors (Lipinski definition) is 2. The van der Waals surface area contributed by atoms with E-state index in [1.807, 2.05) is 0 Å². The number of nitrogens with one attached hydrogen (secondary N) is 2. The molecule has 3 heterocycles. The van der Waals surface area contributed by atoms with E-state index in [0.29, 0.717) is 25.9 Å². The van der Waals surface area contributed by atoms with E-state index < -0.39 is 17.6 Å². The van der Waals surface area contributed by atoms with Gasteiger partial charge in [-0.2, -0.15) is 9.77 Å². The van der Waals surface area contributed by atoms with Gasteiger partial charge in [0, 0.05) is 24.4 Å². The van der Waals surface area contributed by atoms with E-state index >= 15 is 0 Å². The van der Waals surface area contributed by atoms with Crippen LogP contribution in [0.4, 0.5) is 4.79 Å². The number of rotatable bonds is 4. The maximum Gasteiger partial charge on any atom is 0.410 e. The van der Waals surface area contributed by atoms with Crippen LogP contribution < -0.4 is 11.0 Å². The van der Waals surface area contributed by atoms with Gasteiger partial charge in [-0.15, -0.1) is 17.8 Å². The third-order valence-corrected chi connectivity index (χ3v) is 5.67. The SMILES string of the molecule is C#CCOC(=O)N1CCC(c2nc(C(=O)Nn3c(=S)[nH]nc(C)c3=O)cs2)CC1. The number of ether oxygens (including phenoxy) is 1. The Kier molecular flexibility index (Phi) is 6.40. The van der Waals surface area contributed by atoms with Crippen LogP contribution in [0.15, 0.2) is 10.2 Å². The largest absolute Gasteiger partial charge is 0.436 e. The summed E-state index contributed by atoms with van der Waals surface area (Å²) in [5.41, 5.74) is 2.29. The molecule has 3 rings (SSSR count). The zero-order valence-electron chi connectivity index (χ0n) is 15.5. The van der Waals surface area contributed by atoms with E-state index in [4.69, 9.17) is 23.4 Å². The van der Waals surface area contributed by atoms with E-state index in [2.05, 4.69) is 26.5 Å². The topological polar surface area (TPSA) is 122 Å². The van der Waals surface area contributed by atoms with Crippen molar-refractivity contribution in [1.29, 1.82) is 0 Å².